The number of anilines is 1. The number of nitrogens with zero attached hydrogens (tertiary/aromatic N) is 3. The third-order valence-electron chi connectivity index (χ3n) is 4.83. The van der Waals surface area contributed by atoms with E-state index in [1.165, 1.54) is 16.2 Å². The van der Waals surface area contributed by atoms with Crippen LogP contribution in [0.15, 0.2) is 66.7 Å². The average Bonchev–Trinajstić information content (AvgIpc) is 3.34. The maximum absolute atomic E-state index is 12.5. The molecule has 0 unspecified atom stereocenters. The van der Waals surface area contributed by atoms with Crippen LogP contribution >= 0.6 is 11.3 Å². The van der Waals surface area contributed by atoms with Crippen LogP contribution in [0.4, 0.5) is 5.69 Å². The summed E-state index contributed by atoms with van der Waals surface area (Å²) >= 11 is 1.33. The maximum atomic E-state index is 12.5. The summed E-state index contributed by atoms with van der Waals surface area (Å²) in [5.41, 5.74) is 2.74. The Morgan fingerprint density at radius 3 is 2.43 bits per heavy atom. The number of fused-ring (bicyclic) bond motifs is 1. The molecule has 0 fully saturated rings. The molecule has 152 valence electrons. The zero-order chi connectivity index (χ0) is 21.1. The van der Waals surface area contributed by atoms with Crippen molar-refractivity contribution in [2.45, 2.75) is 13.5 Å². The fourth-order valence-corrected chi connectivity index (χ4v) is 4.22. The molecule has 2 aromatic heterocycles. The molecule has 1 amide bonds. The number of hydrogen-bond acceptors (Lipinski definition) is 5. The summed E-state index contributed by atoms with van der Waals surface area (Å²) in [6, 6.07) is 21.1. The zero-order valence-electron chi connectivity index (χ0n) is 16.7. The van der Waals surface area contributed by atoms with Gasteiger partial charge >= 0.3 is 5.97 Å². The molecule has 0 atom stereocenters. The highest BCUT2D eigenvalue weighted by atomic mass is 32.1. The van der Waals surface area contributed by atoms with Crippen molar-refractivity contribution in [3.05, 3.63) is 82.9 Å². The van der Waals surface area contributed by atoms with E-state index in [-0.39, 0.29) is 12.5 Å². The van der Waals surface area contributed by atoms with Crippen LogP contribution in [0.3, 0.4) is 0 Å². The summed E-state index contributed by atoms with van der Waals surface area (Å²) in [5, 5.41) is 5.52. The van der Waals surface area contributed by atoms with Crippen molar-refractivity contribution in [2.24, 2.45) is 0 Å². The fourth-order valence-electron chi connectivity index (χ4n) is 3.17. The fraction of sp³-hybridized carbons (Fsp3) is 0.174. The molecule has 0 N–H and O–H groups in total. The third kappa shape index (κ3) is 4.11. The Hall–Kier alpha value is -3.45. The Morgan fingerprint density at radius 2 is 1.73 bits per heavy atom. The first-order valence-corrected chi connectivity index (χ1v) is 10.3. The number of para-hydroxylation sites is 1. The van der Waals surface area contributed by atoms with Gasteiger partial charge in [0.25, 0.3) is 5.91 Å². The molecule has 0 bridgehead atoms. The summed E-state index contributed by atoms with van der Waals surface area (Å²) in [5.74, 6) is -0.793. The van der Waals surface area contributed by atoms with E-state index in [1.807, 2.05) is 72.3 Å². The third-order valence-corrected chi connectivity index (χ3v) is 5.96. The van der Waals surface area contributed by atoms with Crippen LogP contribution in [0.25, 0.3) is 10.2 Å². The molecule has 0 saturated carbocycles. The van der Waals surface area contributed by atoms with Gasteiger partial charge in [0.2, 0.25) is 0 Å². The lowest BCUT2D eigenvalue weighted by Gasteiger charge is -2.16. The second kappa shape index (κ2) is 8.51. The van der Waals surface area contributed by atoms with Crippen LogP contribution in [0, 0.1) is 6.92 Å². The van der Waals surface area contributed by atoms with E-state index < -0.39 is 5.97 Å². The van der Waals surface area contributed by atoms with Gasteiger partial charge in [-0.2, -0.15) is 5.10 Å². The molecule has 7 heteroatoms. The Labute approximate surface area is 178 Å². The molecular weight excluding hydrogens is 398 g/mol. The molecule has 0 aliphatic rings. The number of hydrogen-bond donors (Lipinski definition) is 0. The monoisotopic (exact) mass is 419 g/mol. The van der Waals surface area contributed by atoms with Crippen molar-refractivity contribution in [3.8, 4) is 0 Å². The summed E-state index contributed by atoms with van der Waals surface area (Å²) in [4.78, 5) is 27.7. The van der Waals surface area contributed by atoms with E-state index >= 15 is 0 Å². The highest BCUT2D eigenvalue weighted by Gasteiger charge is 2.19. The summed E-state index contributed by atoms with van der Waals surface area (Å²) < 4.78 is 7.18. The minimum Gasteiger partial charge on any atom is -0.451 e. The number of rotatable bonds is 6. The van der Waals surface area contributed by atoms with Gasteiger partial charge in [-0.1, -0.05) is 48.5 Å². The predicted molar refractivity (Wildman–Crippen MR) is 118 cm³/mol. The molecule has 0 spiro atoms. The average molecular weight is 420 g/mol. The summed E-state index contributed by atoms with van der Waals surface area (Å²) in [6.07, 6.45) is 0. The molecule has 2 aromatic carbocycles. The molecule has 4 rings (SSSR count). The van der Waals surface area contributed by atoms with Gasteiger partial charge in [-0.25, -0.2) is 4.79 Å². The van der Waals surface area contributed by atoms with E-state index in [1.54, 1.807) is 13.1 Å². The van der Waals surface area contributed by atoms with Crippen LogP contribution in [-0.4, -0.2) is 35.3 Å². The number of carbonyl (C=O) groups is 2. The highest BCUT2D eigenvalue weighted by Crippen LogP contribution is 2.29. The van der Waals surface area contributed by atoms with E-state index in [2.05, 4.69) is 5.10 Å². The van der Waals surface area contributed by atoms with Crippen LogP contribution in [-0.2, 0) is 16.1 Å². The number of amides is 1. The number of thiophene rings is 1. The van der Waals surface area contributed by atoms with Crippen molar-refractivity contribution in [2.75, 3.05) is 18.6 Å². The number of aryl methyl sites for hydroxylation is 1. The summed E-state index contributed by atoms with van der Waals surface area (Å²) in [7, 11) is 1.66. The van der Waals surface area contributed by atoms with E-state index in [0.29, 0.717) is 11.4 Å². The predicted octanol–water partition coefficient (Wildman–Crippen LogP) is 4.27. The van der Waals surface area contributed by atoms with Gasteiger partial charge in [-0.05, 0) is 30.7 Å². The lowest BCUT2D eigenvalue weighted by molar-refractivity contribution is -0.121. The molecular formula is C23H21N3O3S. The van der Waals surface area contributed by atoms with Gasteiger partial charge in [0, 0.05) is 18.1 Å². The number of benzene rings is 2. The topological polar surface area (TPSA) is 64.4 Å². The normalized spacial score (nSPS) is 10.9. The number of esters is 1. The van der Waals surface area contributed by atoms with Crippen LogP contribution in [0.1, 0.15) is 20.9 Å². The van der Waals surface area contributed by atoms with Crippen molar-refractivity contribution in [1.29, 1.82) is 0 Å². The second-order valence-electron chi connectivity index (χ2n) is 6.92. The van der Waals surface area contributed by atoms with E-state index in [4.69, 9.17) is 4.74 Å². The van der Waals surface area contributed by atoms with Gasteiger partial charge < -0.3 is 9.64 Å². The molecule has 0 aliphatic heterocycles. The number of carbonyl (C=O) groups excluding carboxylic acids is 2. The molecule has 6 nitrogen and oxygen atoms in total. The van der Waals surface area contributed by atoms with Crippen LogP contribution in [0.5, 0.6) is 0 Å². The standard InChI is InChI=1S/C23H21N3O3S/c1-16-19-13-20(30-22(19)26(24-16)14-17-9-5-3-6-10-17)23(28)29-15-21(27)25(2)18-11-7-4-8-12-18/h3-13H,14-15H2,1-2H3. The molecule has 0 radical (unpaired) electrons. The zero-order valence-corrected chi connectivity index (χ0v) is 17.6. The first kappa shape index (κ1) is 19.8. The molecule has 2 heterocycles. The molecule has 0 aliphatic carbocycles. The first-order chi connectivity index (χ1) is 14.5. The minimum atomic E-state index is -0.503. The van der Waals surface area contributed by atoms with Gasteiger partial charge in [0.1, 0.15) is 9.71 Å². The smallest absolute Gasteiger partial charge is 0.348 e. The lowest BCUT2D eigenvalue weighted by atomic mass is 10.2. The van der Waals surface area contributed by atoms with Crippen molar-refractivity contribution < 1.29 is 14.3 Å². The van der Waals surface area contributed by atoms with Gasteiger partial charge in [0.05, 0.1) is 12.2 Å². The number of ether oxygens (including phenoxy) is 1. The quantitative estimate of drug-likeness (QED) is 0.438. The first-order valence-electron chi connectivity index (χ1n) is 9.52. The van der Waals surface area contributed by atoms with Crippen LogP contribution < -0.4 is 4.90 Å². The highest BCUT2D eigenvalue weighted by molar-refractivity contribution is 7.20. The Balaban J connectivity index is 1.46. The molecule has 4 aromatic rings. The van der Waals surface area contributed by atoms with Crippen molar-refractivity contribution >= 4 is 39.1 Å². The molecule has 30 heavy (non-hydrogen) atoms. The Morgan fingerprint density at radius 1 is 1.07 bits per heavy atom. The Bertz CT molecular complexity index is 1180. The van der Waals surface area contributed by atoms with Crippen molar-refractivity contribution in [1.82, 2.24) is 9.78 Å². The lowest BCUT2D eigenvalue weighted by Crippen LogP contribution is -2.30. The number of aromatic nitrogens is 2. The van der Waals surface area contributed by atoms with Crippen LogP contribution in [0.2, 0.25) is 0 Å². The van der Waals surface area contributed by atoms with E-state index in [0.717, 1.165) is 27.2 Å². The van der Waals surface area contributed by atoms with E-state index in [9.17, 15) is 9.59 Å². The molecule has 0 saturated heterocycles. The van der Waals surface area contributed by atoms with Gasteiger partial charge in [-0.3, -0.25) is 9.48 Å². The largest absolute Gasteiger partial charge is 0.451 e. The maximum Gasteiger partial charge on any atom is 0.348 e. The van der Waals surface area contributed by atoms with Crippen molar-refractivity contribution in [3.63, 3.8) is 0 Å². The SMILES string of the molecule is Cc1nn(Cc2ccccc2)c2sc(C(=O)OCC(=O)N(C)c3ccccc3)cc12. The second-order valence-corrected chi connectivity index (χ2v) is 7.95. The number of likely N-dealkylation sites (N-methyl/N-ethyl adjacent to an activating group) is 1. The minimum absolute atomic E-state index is 0.290. The van der Waals surface area contributed by atoms with Gasteiger partial charge in [0.15, 0.2) is 6.61 Å². The van der Waals surface area contributed by atoms with Gasteiger partial charge in [-0.15, -0.1) is 11.3 Å². The Kier molecular flexibility index (Phi) is 5.63. The summed E-state index contributed by atoms with van der Waals surface area (Å²) in [6.45, 7) is 2.23.